The van der Waals surface area contributed by atoms with Gasteiger partial charge in [0.25, 0.3) is 0 Å². The Hall–Kier alpha value is -0.680. The first-order valence-corrected chi connectivity index (χ1v) is 7.14. The molecule has 0 aliphatic rings. The van der Waals surface area contributed by atoms with E-state index in [4.69, 9.17) is 32.4 Å². The summed E-state index contributed by atoms with van der Waals surface area (Å²) in [5.41, 5.74) is 0. The minimum absolute atomic E-state index is 0.307. The highest BCUT2D eigenvalue weighted by Gasteiger charge is 2.08. The SMILES string of the molecule is CNCc1ccc(COc2cc(Cl)c(Br)cc2Cl)o1. The summed E-state index contributed by atoms with van der Waals surface area (Å²) in [6.45, 7) is 0.992. The topological polar surface area (TPSA) is 34.4 Å². The van der Waals surface area contributed by atoms with Gasteiger partial charge in [-0.15, -0.1) is 0 Å². The van der Waals surface area contributed by atoms with Crippen LogP contribution < -0.4 is 10.1 Å². The molecular formula is C13H12BrCl2NO2. The number of furan rings is 1. The summed E-state index contributed by atoms with van der Waals surface area (Å²) in [5.74, 6) is 2.13. The minimum Gasteiger partial charge on any atom is -0.484 e. The second kappa shape index (κ2) is 6.66. The molecule has 1 aromatic heterocycles. The third kappa shape index (κ3) is 3.89. The van der Waals surface area contributed by atoms with E-state index in [1.807, 2.05) is 19.2 Å². The van der Waals surface area contributed by atoms with Crippen molar-refractivity contribution in [3.8, 4) is 5.75 Å². The zero-order chi connectivity index (χ0) is 13.8. The smallest absolute Gasteiger partial charge is 0.146 e. The quantitative estimate of drug-likeness (QED) is 0.784. The van der Waals surface area contributed by atoms with E-state index in [0.717, 1.165) is 16.0 Å². The zero-order valence-corrected chi connectivity index (χ0v) is 13.3. The normalized spacial score (nSPS) is 10.7. The Labute approximate surface area is 130 Å². The molecule has 0 unspecified atom stereocenters. The molecular weight excluding hydrogens is 353 g/mol. The summed E-state index contributed by atoms with van der Waals surface area (Å²) >= 11 is 15.4. The van der Waals surface area contributed by atoms with Gasteiger partial charge < -0.3 is 14.5 Å². The molecule has 0 saturated heterocycles. The van der Waals surface area contributed by atoms with Crippen LogP contribution in [0.1, 0.15) is 11.5 Å². The van der Waals surface area contributed by atoms with Gasteiger partial charge >= 0.3 is 0 Å². The van der Waals surface area contributed by atoms with Crippen molar-refractivity contribution in [2.24, 2.45) is 0 Å². The van der Waals surface area contributed by atoms with Gasteiger partial charge in [0.1, 0.15) is 23.9 Å². The summed E-state index contributed by atoms with van der Waals surface area (Å²) in [4.78, 5) is 0. The van der Waals surface area contributed by atoms with E-state index in [1.54, 1.807) is 12.1 Å². The highest BCUT2D eigenvalue weighted by Crippen LogP contribution is 2.34. The van der Waals surface area contributed by atoms with Gasteiger partial charge in [0.15, 0.2) is 0 Å². The molecule has 1 heterocycles. The van der Waals surface area contributed by atoms with Crippen LogP contribution in [0.4, 0.5) is 0 Å². The molecule has 0 radical (unpaired) electrons. The van der Waals surface area contributed by atoms with Crippen LogP contribution in [0.25, 0.3) is 0 Å². The Morgan fingerprint density at radius 3 is 2.68 bits per heavy atom. The van der Waals surface area contributed by atoms with E-state index in [0.29, 0.717) is 28.9 Å². The molecule has 0 fully saturated rings. The molecule has 0 atom stereocenters. The van der Waals surface area contributed by atoms with Gasteiger partial charge in [-0.3, -0.25) is 0 Å². The van der Waals surface area contributed by atoms with Crippen LogP contribution in [0.2, 0.25) is 10.0 Å². The van der Waals surface area contributed by atoms with Crippen molar-refractivity contribution in [3.63, 3.8) is 0 Å². The lowest BCUT2D eigenvalue weighted by Crippen LogP contribution is -2.03. The molecule has 102 valence electrons. The van der Waals surface area contributed by atoms with Crippen molar-refractivity contribution in [3.05, 3.63) is 50.3 Å². The van der Waals surface area contributed by atoms with Crippen LogP contribution in [0.15, 0.2) is 33.2 Å². The van der Waals surface area contributed by atoms with Crippen LogP contribution in [0.3, 0.4) is 0 Å². The molecule has 0 aliphatic heterocycles. The number of benzene rings is 1. The molecule has 0 spiro atoms. The largest absolute Gasteiger partial charge is 0.484 e. The molecule has 0 saturated carbocycles. The van der Waals surface area contributed by atoms with Gasteiger partial charge in [-0.1, -0.05) is 23.2 Å². The maximum absolute atomic E-state index is 6.07. The second-order valence-corrected chi connectivity index (χ2v) is 5.55. The van der Waals surface area contributed by atoms with Crippen molar-refractivity contribution >= 4 is 39.1 Å². The Balaban J connectivity index is 2.03. The first-order valence-electron chi connectivity index (χ1n) is 5.59. The van der Waals surface area contributed by atoms with Gasteiger partial charge in [0.2, 0.25) is 0 Å². The average Bonchev–Trinajstić information content (AvgIpc) is 2.80. The molecule has 2 rings (SSSR count). The second-order valence-electron chi connectivity index (χ2n) is 3.88. The average molecular weight is 365 g/mol. The lowest BCUT2D eigenvalue weighted by atomic mass is 10.3. The van der Waals surface area contributed by atoms with Crippen molar-refractivity contribution < 1.29 is 9.15 Å². The van der Waals surface area contributed by atoms with Gasteiger partial charge in [-0.05, 0) is 41.2 Å². The number of hydrogen-bond donors (Lipinski definition) is 1. The monoisotopic (exact) mass is 363 g/mol. The summed E-state index contributed by atoms with van der Waals surface area (Å²) in [7, 11) is 1.86. The van der Waals surface area contributed by atoms with E-state index in [2.05, 4.69) is 21.2 Å². The predicted molar refractivity (Wildman–Crippen MR) is 80.0 cm³/mol. The number of rotatable bonds is 5. The maximum Gasteiger partial charge on any atom is 0.146 e. The van der Waals surface area contributed by atoms with Crippen molar-refractivity contribution in [1.82, 2.24) is 5.32 Å². The van der Waals surface area contributed by atoms with Gasteiger partial charge in [-0.25, -0.2) is 0 Å². The highest BCUT2D eigenvalue weighted by atomic mass is 79.9. The molecule has 0 aliphatic carbocycles. The summed E-state index contributed by atoms with van der Waals surface area (Å²) in [6.07, 6.45) is 0. The lowest BCUT2D eigenvalue weighted by molar-refractivity contribution is 0.265. The molecule has 19 heavy (non-hydrogen) atoms. The molecule has 3 nitrogen and oxygen atoms in total. The fraction of sp³-hybridized carbons (Fsp3) is 0.231. The molecule has 6 heteroatoms. The third-order valence-corrected chi connectivity index (χ3v) is 3.91. The standard InChI is InChI=1S/C13H12BrCl2NO2/c1-17-6-8-2-3-9(19-8)7-18-13-5-11(15)10(14)4-12(13)16/h2-5,17H,6-7H2,1H3. The first kappa shape index (κ1) is 14.7. The van der Waals surface area contributed by atoms with Crippen LogP contribution in [0.5, 0.6) is 5.75 Å². The number of ether oxygens (including phenoxy) is 1. The van der Waals surface area contributed by atoms with Crippen LogP contribution >= 0.6 is 39.1 Å². The third-order valence-electron chi connectivity index (χ3n) is 2.41. The molecule has 1 aromatic carbocycles. The molecule has 0 bridgehead atoms. The fourth-order valence-electron chi connectivity index (χ4n) is 1.53. The van der Waals surface area contributed by atoms with E-state index in [1.165, 1.54) is 0 Å². The number of hydrogen-bond acceptors (Lipinski definition) is 3. The van der Waals surface area contributed by atoms with Crippen molar-refractivity contribution in [2.45, 2.75) is 13.2 Å². The Morgan fingerprint density at radius 2 is 1.95 bits per heavy atom. The van der Waals surface area contributed by atoms with Crippen LogP contribution in [-0.2, 0) is 13.2 Å². The Morgan fingerprint density at radius 1 is 1.21 bits per heavy atom. The molecule has 2 aromatic rings. The van der Waals surface area contributed by atoms with Gasteiger partial charge in [-0.2, -0.15) is 0 Å². The minimum atomic E-state index is 0.307. The lowest BCUT2D eigenvalue weighted by Gasteiger charge is -2.08. The number of nitrogens with one attached hydrogen (secondary N) is 1. The van der Waals surface area contributed by atoms with Gasteiger partial charge in [0, 0.05) is 10.5 Å². The molecule has 1 N–H and O–H groups in total. The summed E-state index contributed by atoms with van der Waals surface area (Å²) in [5, 5.41) is 4.06. The van der Waals surface area contributed by atoms with Crippen LogP contribution in [0, 0.1) is 0 Å². The maximum atomic E-state index is 6.07. The Bertz CT molecular complexity index is 572. The predicted octanol–water partition coefficient (Wildman–Crippen LogP) is 4.65. The highest BCUT2D eigenvalue weighted by molar-refractivity contribution is 9.10. The van der Waals surface area contributed by atoms with E-state index in [9.17, 15) is 0 Å². The van der Waals surface area contributed by atoms with E-state index < -0.39 is 0 Å². The summed E-state index contributed by atoms with van der Waals surface area (Å²) < 4.78 is 11.9. The fourth-order valence-corrected chi connectivity index (χ4v) is 2.38. The molecule has 0 amide bonds. The first-order chi connectivity index (χ1) is 9.10. The van der Waals surface area contributed by atoms with Crippen molar-refractivity contribution in [2.75, 3.05) is 7.05 Å². The Kier molecular flexibility index (Phi) is 5.16. The van der Waals surface area contributed by atoms with Crippen molar-refractivity contribution in [1.29, 1.82) is 0 Å². The number of halogens is 3. The van der Waals surface area contributed by atoms with E-state index in [-0.39, 0.29) is 0 Å². The van der Waals surface area contributed by atoms with E-state index >= 15 is 0 Å². The zero-order valence-electron chi connectivity index (χ0n) is 10.2. The van der Waals surface area contributed by atoms with Crippen LogP contribution in [-0.4, -0.2) is 7.05 Å². The van der Waals surface area contributed by atoms with Gasteiger partial charge in [0.05, 0.1) is 16.6 Å². The summed E-state index contributed by atoms with van der Waals surface area (Å²) in [6, 6.07) is 7.16.